The van der Waals surface area contributed by atoms with Gasteiger partial charge in [-0.25, -0.2) is 0 Å². The molecule has 4 aliphatic rings. The summed E-state index contributed by atoms with van der Waals surface area (Å²) in [6.07, 6.45) is 31.4. The Morgan fingerprint density at radius 3 is 2.16 bits per heavy atom. The van der Waals surface area contributed by atoms with Crippen molar-refractivity contribution in [2.75, 3.05) is 6.61 Å². The highest BCUT2D eigenvalue weighted by molar-refractivity contribution is 5.69. The monoisotopic (exact) mass is 623 g/mol. The van der Waals surface area contributed by atoms with E-state index in [0.717, 1.165) is 31.1 Å². The highest BCUT2D eigenvalue weighted by Gasteiger charge is 2.61. The van der Waals surface area contributed by atoms with Crippen molar-refractivity contribution in [3.05, 3.63) is 23.3 Å². The van der Waals surface area contributed by atoms with Crippen LogP contribution in [0.25, 0.3) is 0 Å². The van der Waals surface area contributed by atoms with Gasteiger partial charge >= 0.3 is 5.97 Å². The number of rotatable bonds is 19. The van der Waals surface area contributed by atoms with E-state index in [0.29, 0.717) is 35.2 Å². The van der Waals surface area contributed by atoms with Crippen LogP contribution in [0.1, 0.15) is 196 Å². The maximum atomic E-state index is 12.4. The first-order chi connectivity index (χ1) is 21.6. The molecular formula is C43H74O2. The molecule has 4 aliphatic carbocycles. The average Bonchev–Trinajstić information content (AvgIpc) is 3.31. The fourth-order valence-corrected chi connectivity index (χ4v) is 11.0. The first-order valence-electron chi connectivity index (χ1n) is 20.1. The lowest BCUT2D eigenvalue weighted by Crippen LogP contribution is -2.48. The lowest BCUT2D eigenvalue weighted by Gasteiger charge is -2.58. The first kappa shape index (κ1) is 36.8. The van der Waals surface area contributed by atoms with E-state index in [4.69, 9.17) is 4.74 Å². The van der Waals surface area contributed by atoms with E-state index < -0.39 is 0 Å². The molecule has 0 aromatic rings. The number of carbonyl (C=O) groups is 1. The van der Waals surface area contributed by atoms with Crippen molar-refractivity contribution < 1.29 is 9.53 Å². The Morgan fingerprint density at radius 1 is 0.800 bits per heavy atom. The maximum absolute atomic E-state index is 12.4. The van der Waals surface area contributed by atoms with Crippen LogP contribution in [0.15, 0.2) is 23.3 Å². The third-order valence-electron chi connectivity index (χ3n) is 14.6. The van der Waals surface area contributed by atoms with Gasteiger partial charge in [0.15, 0.2) is 0 Å². The molecule has 0 spiro atoms. The number of allylic oxidation sites excluding steroid dienone is 2. The van der Waals surface area contributed by atoms with Crippen LogP contribution in [-0.4, -0.2) is 12.6 Å². The molecule has 0 heterocycles. The van der Waals surface area contributed by atoms with Gasteiger partial charge in [-0.15, -0.1) is 0 Å². The Kier molecular flexibility index (Phi) is 13.8. The minimum Gasteiger partial charge on any atom is -0.465 e. The molecule has 2 heteroatoms. The quantitative estimate of drug-likeness (QED) is 0.0814. The van der Waals surface area contributed by atoms with Crippen molar-refractivity contribution in [3.63, 3.8) is 0 Å². The van der Waals surface area contributed by atoms with E-state index in [1.807, 2.05) is 11.1 Å². The van der Waals surface area contributed by atoms with Crippen LogP contribution in [0.2, 0.25) is 0 Å². The van der Waals surface area contributed by atoms with Crippen molar-refractivity contribution in [2.45, 2.75) is 196 Å². The summed E-state index contributed by atoms with van der Waals surface area (Å²) in [5.41, 5.74) is 6.47. The molecule has 0 amide bonds. The number of hydrogen-bond donors (Lipinski definition) is 0. The summed E-state index contributed by atoms with van der Waals surface area (Å²) < 4.78 is 5.71. The van der Waals surface area contributed by atoms with Crippen LogP contribution in [0.4, 0.5) is 0 Å². The summed E-state index contributed by atoms with van der Waals surface area (Å²) >= 11 is 0. The topological polar surface area (TPSA) is 26.3 Å². The van der Waals surface area contributed by atoms with Gasteiger partial charge in [-0.2, -0.15) is 0 Å². The third-order valence-corrected chi connectivity index (χ3v) is 14.6. The van der Waals surface area contributed by atoms with E-state index in [1.54, 1.807) is 0 Å². The van der Waals surface area contributed by atoms with E-state index in [-0.39, 0.29) is 11.9 Å². The second-order valence-electron chi connectivity index (χ2n) is 17.3. The van der Waals surface area contributed by atoms with E-state index in [1.165, 1.54) is 134 Å². The number of hydrogen-bond acceptors (Lipinski definition) is 2. The minimum absolute atomic E-state index is 0.0146. The van der Waals surface area contributed by atoms with Crippen molar-refractivity contribution in [3.8, 4) is 0 Å². The molecule has 0 radical (unpaired) electrons. The van der Waals surface area contributed by atoms with Gasteiger partial charge in [0.05, 0.1) is 6.61 Å². The number of carbonyl (C=O) groups excluding carboxylic acids is 1. The number of fused-ring (bicyclic) bond motifs is 4. The predicted molar refractivity (Wildman–Crippen MR) is 193 cm³/mol. The standard InChI is InChI=1S/C43H74O2/c1-8-9-10-11-12-13-14-15-16-17-18-22-40(44)45-32-35(4)33(2)23-24-34(3)37-27-30-43(7)39-26-25-36-21-19-20-29-41(36,5)38(39)28-31-42(37,43)6/h34-37H,2,8-32H2,1,3-7H3/t34-,35?,36?,37-,41+,42-,43+/m1/s1. The minimum atomic E-state index is -0.0146. The second-order valence-corrected chi connectivity index (χ2v) is 17.3. The van der Waals surface area contributed by atoms with Gasteiger partial charge in [0.1, 0.15) is 0 Å². The zero-order valence-corrected chi connectivity index (χ0v) is 31.0. The highest BCUT2D eigenvalue weighted by Crippen LogP contribution is 2.71. The second kappa shape index (κ2) is 16.9. The van der Waals surface area contributed by atoms with E-state index in [2.05, 4.69) is 48.1 Å². The van der Waals surface area contributed by atoms with Gasteiger partial charge in [0.2, 0.25) is 0 Å². The predicted octanol–water partition coefficient (Wildman–Crippen LogP) is 13.3. The molecule has 0 bridgehead atoms. The molecule has 0 aromatic carbocycles. The largest absolute Gasteiger partial charge is 0.465 e. The van der Waals surface area contributed by atoms with E-state index >= 15 is 0 Å². The summed E-state index contributed by atoms with van der Waals surface area (Å²) in [6.45, 7) is 20.0. The Bertz CT molecular complexity index is 992. The van der Waals surface area contributed by atoms with Crippen LogP contribution in [0.5, 0.6) is 0 Å². The normalized spacial score (nSPS) is 32.4. The van der Waals surface area contributed by atoms with Crippen molar-refractivity contribution in [1.29, 1.82) is 0 Å². The number of unbranched alkanes of at least 4 members (excludes halogenated alkanes) is 10. The SMILES string of the molecule is C=C(CC[C@@H](C)[C@H]1CC[C@@]2(C)C3=C(CC[C@]12C)[C@@]1(C)CCCCC1CC3)C(C)COC(=O)CCCCCCCCCCCCC. The van der Waals surface area contributed by atoms with Crippen LogP contribution in [0.3, 0.4) is 0 Å². The first-order valence-corrected chi connectivity index (χ1v) is 20.1. The Morgan fingerprint density at radius 2 is 1.47 bits per heavy atom. The van der Waals surface area contributed by atoms with Crippen molar-refractivity contribution >= 4 is 5.97 Å². The van der Waals surface area contributed by atoms with Gasteiger partial charge < -0.3 is 4.74 Å². The third kappa shape index (κ3) is 8.52. The van der Waals surface area contributed by atoms with Crippen LogP contribution in [-0.2, 0) is 9.53 Å². The molecule has 258 valence electrons. The summed E-state index contributed by atoms with van der Waals surface area (Å²) in [5, 5.41) is 0. The molecule has 0 saturated heterocycles. The molecule has 0 aliphatic heterocycles. The number of ether oxygens (including phenoxy) is 1. The molecule has 4 rings (SSSR count). The van der Waals surface area contributed by atoms with Crippen LogP contribution >= 0.6 is 0 Å². The molecule has 2 saturated carbocycles. The fourth-order valence-electron chi connectivity index (χ4n) is 11.0. The summed E-state index contributed by atoms with van der Waals surface area (Å²) in [7, 11) is 0. The number of esters is 1. The van der Waals surface area contributed by atoms with Gasteiger partial charge in [0, 0.05) is 12.3 Å². The molecule has 0 N–H and O–H groups in total. The molecule has 7 atom stereocenters. The Labute approximate surface area is 280 Å². The molecule has 0 aromatic heterocycles. The summed E-state index contributed by atoms with van der Waals surface area (Å²) in [6, 6.07) is 0. The van der Waals surface area contributed by atoms with Crippen LogP contribution < -0.4 is 0 Å². The average molecular weight is 623 g/mol. The van der Waals surface area contributed by atoms with Gasteiger partial charge in [0.25, 0.3) is 0 Å². The highest BCUT2D eigenvalue weighted by atomic mass is 16.5. The maximum Gasteiger partial charge on any atom is 0.305 e. The van der Waals surface area contributed by atoms with Crippen molar-refractivity contribution in [2.24, 2.45) is 39.9 Å². The van der Waals surface area contributed by atoms with Crippen LogP contribution in [0, 0.1) is 39.9 Å². The fraction of sp³-hybridized carbons (Fsp3) is 0.884. The smallest absolute Gasteiger partial charge is 0.305 e. The molecule has 2 fully saturated rings. The molecule has 2 nitrogen and oxygen atoms in total. The lowest BCUT2D eigenvalue weighted by atomic mass is 9.46. The van der Waals surface area contributed by atoms with Gasteiger partial charge in [-0.1, -0.05) is 142 Å². The lowest BCUT2D eigenvalue weighted by molar-refractivity contribution is -0.144. The Balaban J connectivity index is 1.14. The summed E-state index contributed by atoms with van der Waals surface area (Å²) in [4.78, 5) is 12.4. The Hall–Kier alpha value is -1.05. The van der Waals surface area contributed by atoms with Crippen molar-refractivity contribution in [1.82, 2.24) is 0 Å². The summed E-state index contributed by atoms with van der Waals surface area (Å²) in [5.74, 6) is 2.70. The molecule has 2 unspecified atom stereocenters. The molecule has 45 heavy (non-hydrogen) atoms. The van der Waals surface area contributed by atoms with E-state index in [9.17, 15) is 4.79 Å². The molecular weight excluding hydrogens is 548 g/mol. The zero-order valence-electron chi connectivity index (χ0n) is 31.0. The van der Waals surface area contributed by atoms with Gasteiger partial charge in [-0.05, 0) is 105 Å². The zero-order chi connectivity index (χ0) is 32.5. The van der Waals surface area contributed by atoms with Gasteiger partial charge in [-0.3, -0.25) is 4.79 Å².